The topological polar surface area (TPSA) is 29.3 Å². The molecule has 2 N–H and O–H groups in total. The fourth-order valence-electron chi connectivity index (χ4n) is 1.88. The highest BCUT2D eigenvalue weighted by molar-refractivity contribution is 5.14. The van der Waals surface area contributed by atoms with Gasteiger partial charge in [-0.25, -0.2) is 0 Å². The second-order valence-corrected chi connectivity index (χ2v) is 4.26. The molecule has 0 aliphatic rings. The van der Waals surface area contributed by atoms with Crippen LogP contribution in [0.4, 0.5) is 0 Å². The van der Waals surface area contributed by atoms with E-state index in [9.17, 15) is 0 Å². The van der Waals surface area contributed by atoms with Crippen molar-refractivity contribution in [2.24, 2.45) is 5.73 Å². The minimum Gasteiger partial charge on any atom is -0.329 e. The van der Waals surface area contributed by atoms with Gasteiger partial charge >= 0.3 is 0 Å². The van der Waals surface area contributed by atoms with Crippen LogP contribution in [-0.2, 0) is 6.54 Å². The van der Waals surface area contributed by atoms with Crippen molar-refractivity contribution in [2.75, 3.05) is 19.6 Å². The molecule has 1 rings (SSSR count). The fourth-order valence-corrected chi connectivity index (χ4v) is 1.88. The first-order valence-corrected chi connectivity index (χ1v) is 6.33. The Labute approximate surface area is 99.5 Å². The van der Waals surface area contributed by atoms with Gasteiger partial charge in [0.1, 0.15) is 0 Å². The minimum absolute atomic E-state index is 0.749. The lowest BCUT2D eigenvalue weighted by molar-refractivity contribution is 0.267. The van der Waals surface area contributed by atoms with Crippen LogP contribution in [0.25, 0.3) is 0 Å². The van der Waals surface area contributed by atoms with Crippen LogP contribution in [0, 0.1) is 0 Å². The van der Waals surface area contributed by atoms with E-state index in [-0.39, 0.29) is 0 Å². The summed E-state index contributed by atoms with van der Waals surface area (Å²) in [4.78, 5) is 2.45. The molecule has 0 spiro atoms. The van der Waals surface area contributed by atoms with Crippen LogP contribution in [0.5, 0.6) is 0 Å². The van der Waals surface area contributed by atoms with E-state index in [1.807, 2.05) is 0 Å². The van der Waals surface area contributed by atoms with E-state index in [4.69, 9.17) is 5.73 Å². The molecule has 0 bridgehead atoms. The van der Waals surface area contributed by atoms with Crippen molar-refractivity contribution in [3.63, 3.8) is 0 Å². The lowest BCUT2D eigenvalue weighted by Crippen LogP contribution is -2.30. The van der Waals surface area contributed by atoms with Crippen molar-refractivity contribution in [3.8, 4) is 0 Å². The average Bonchev–Trinajstić information content (AvgIpc) is 2.31. The molecule has 1 aromatic rings. The second kappa shape index (κ2) is 8.31. The van der Waals surface area contributed by atoms with Crippen molar-refractivity contribution in [1.82, 2.24) is 4.90 Å². The van der Waals surface area contributed by atoms with Crippen LogP contribution in [-0.4, -0.2) is 24.5 Å². The zero-order valence-corrected chi connectivity index (χ0v) is 10.4. The molecule has 0 aromatic heterocycles. The molecule has 0 unspecified atom stereocenters. The smallest absolute Gasteiger partial charge is 0.0234 e. The van der Waals surface area contributed by atoms with E-state index in [2.05, 4.69) is 42.2 Å². The summed E-state index contributed by atoms with van der Waals surface area (Å²) in [7, 11) is 0. The molecule has 16 heavy (non-hydrogen) atoms. The third-order valence-corrected chi connectivity index (χ3v) is 2.77. The molecule has 0 radical (unpaired) electrons. The molecule has 1 aromatic carbocycles. The summed E-state index contributed by atoms with van der Waals surface area (Å²) in [6.45, 7) is 6.18. The van der Waals surface area contributed by atoms with Crippen LogP contribution in [0.1, 0.15) is 31.7 Å². The Bertz CT molecular complexity index is 259. The maximum atomic E-state index is 5.65. The molecule has 0 fully saturated rings. The van der Waals surface area contributed by atoms with E-state index >= 15 is 0 Å². The monoisotopic (exact) mass is 220 g/mol. The Kier molecular flexibility index (Phi) is 6.86. The highest BCUT2D eigenvalue weighted by Gasteiger charge is 2.03. The van der Waals surface area contributed by atoms with Crippen molar-refractivity contribution < 1.29 is 0 Å². The van der Waals surface area contributed by atoms with Gasteiger partial charge in [-0.3, -0.25) is 4.90 Å². The van der Waals surface area contributed by atoms with Gasteiger partial charge < -0.3 is 5.73 Å². The van der Waals surface area contributed by atoms with Crippen molar-refractivity contribution in [1.29, 1.82) is 0 Å². The Balaban J connectivity index is 2.38. The van der Waals surface area contributed by atoms with Gasteiger partial charge in [0.2, 0.25) is 0 Å². The van der Waals surface area contributed by atoms with Crippen LogP contribution in [0.15, 0.2) is 30.3 Å². The first-order valence-electron chi connectivity index (χ1n) is 6.33. The van der Waals surface area contributed by atoms with Crippen LogP contribution < -0.4 is 5.73 Å². The third-order valence-electron chi connectivity index (χ3n) is 2.77. The van der Waals surface area contributed by atoms with Gasteiger partial charge in [-0.05, 0) is 18.5 Å². The van der Waals surface area contributed by atoms with Gasteiger partial charge in [0.05, 0.1) is 0 Å². The summed E-state index contributed by atoms with van der Waals surface area (Å²) >= 11 is 0. The fraction of sp³-hybridized carbons (Fsp3) is 0.571. The molecule has 0 amide bonds. The summed E-state index contributed by atoms with van der Waals surface area (Å²) in [6.07, 6.45) is 3.88. The first kappa shape index (κ1) is 13.2. The quantitative estimate of drug-likeness (QED) is 0.682. The van der Waals surface area contributed by atoms with E-state index in [0.717, 1.165) is 19.6 Å². The largest absolute Gasteiger partial charge is 0.329 e. The van der Waals surface area contributed by atoms with Gasteiger partial charge in [0.25, 0.3) is 0 Å². The summed E-state index contributed by atoms with van der Waals surface area (Å²) in [5.41, 5.74) is 7.03. The minimum atomic E-state index is 0.749. The second-order valence-electron chi connectivity index (χ2n) is 4.26. The molecule has 0 aliphatic carbocycles. The van der Waals surface area contributed by atoms with Crippen molar-refractivity contribution in [3.05, 3.63) is 35.9 Å². The maximum absolute atomic E-state index is 5.65. The number of unbranched alkanes of at least 4 members (excludes halogenated alkanes) is 2. The average molecular weight is 220 g/mol. The van der Waals surface area contributed by atoms with Crippen LogP contribution in [0.3, 0.4) is 0 Å². The molecule has 2 nitrogen and oxygen atoms in total. The predicted octanol–water partition coefficient (Wildman–Crippen LogP) is 2.64. The third kappa shape index (κ3) is 5.29. The number of rotatable bonds is 8. The highest BCUT2D eigenvalue weighted by Crippen LogP contribution is 2.06. The standard InChI is InChI=1S/C14H24N2/c1-2-3-7-11-16(12-10-15)13-14-8-5-4-6-9-14/h4-6,8-9H,2-3,7,10-13,15H2,1H3. The Morgan fingerprint density at radius 1 is 1.06 bits per heavy atom. The van der Waals surface area contributed by atoms with E-state index in [1.165, 1.54) is 31.4 Å². The molecular formula is C14H24N2. The molecule has 2 heteroatoms. The van der Waals surface area contributed by atoms with Gasteiger partial charge in [-0.1, -0.05) is 50.1 Å². The summed E-state index contributed by atoms with van der Waals surface area (Å²) in [5, 5.41) is 0. The Morgan fingerprint density at radius 2 is 1.81 bits per heavy atom. The van der Waals surface area contributed by atoms with Crippen molar-refractivity contribution >= 4 is 0 Å². The molecule has 0 saturated carbocycles. The Morgan fingerprint density at radius 3 is 2.44 bits per heavy atom. The van der Waals surface area contributed by atoms with Crippen LogP contribution in [0.2, 0.25) is 0 Å². The van der Waals surface area contributed by atoms with Gasteiger partial charge in [-0.2, -0.15) is 0 Å². The van der Waals surface area contributed by atoms with Gasteiger partial charge in [0.15, 0.2) is 0 Å². The normalized spacial score (nSPS) is 10.9. The van der Waals surface area contributed by atoms with Crippen molar-refractivity contribution in [2.45, 2.75) is 32.7 Å². The predicted molar refractivity (Wildman–Crippen MR) is 70.3 cm³/mol. The molecule has 0 saturated heterocycles. The van der Waals surface area contributed by atoms with E-state index < -0.39 is 0 Å². The number of hydrogen-bond acceptors (Lipinski definition) is 2. The zero-order chi connectivity index (χ0) is 11.6. The van der Waals surface area contributed by atoms with E-state index in [1.54, 1.807) is 0 Å². The lowest BCUT2D eigenvalue weighted by Gasteiger charge is -2.21. The van der Waals surface area contributed by atoms with Crippen LogP contribution >= 0.6 is 0 Å². The summed E-state index contributed by atoms with van der Waals surface area (Å²) < 4.78 is 0. The van der Waals surface area contributed by atoms with Gasteiger partial charge in [0, 0.05) is 19.6 Å². The number of benzene rings is 1. The zero-order valence-electron chi connectivity index (χ0n) is 10.4. The molecule has 0 aliphatic heterocycles. The van der Waals surface area contributed by atoms with E-state index in [0.29, 0.717) is 0 Å². The SMILES string of the molecule is CCCCCN(CCN)Cc1ccccc1. The molecule has 0 heterocycles. The summed E-state index contributed by atoms with van der Waals surface area (Å²) in [6, 6.07) is 10.6. The number of nitrogens with two attached hydrogens (primary N) is 1. The first-order chi connectivity index (χ1) is 7.86. The molecule has 0 atom stereocenters. The maximum Gasteiger partial charge on any atom is 0.0234 e. The lowest BCUT2D eigenvalue weighted by atomic mass is 10.2. The number of hydrogen-bond donors (Lipinski definition) is 1. The summed E-state index contributed by atoms with van der Waals surface area (Å²) in [5.74, 6) is 0. The molecule has 90 valence electrons. The number of nitrogens with zero attached hydrogens (tertiary/aromatic N) is 1. The highest BCUT2D eigenvalue weighted by atomic mass is 15.1. The Hall–Kier alpha value is -0.860. The molecular weight excluding hydrogens is 196 g/mol. The van der Waals surface area contributed by atoms with Gasteiger partial charge in [-0.15, -0.1) is 0 Å².